The van der Waals surface area contributed by atoms with Gasteiger partial charge in [0.25, 0.3) is 0 Å². The number of nitrogens with one attached hydrogen (secondary N) is 3. The van der Waals surface area contributed by atoms with Gasteiger partial charge in [0.15, 0.2) is 0 Å². The van der Waals surface area contributed by atoms with E-state index >= 15 is 0 Å². The van der Waals surface area contributed by atoms with Crippen LogP contribution in [0.4, 0.5) is 4.79 Å². The number of benzene rings is 2. The number of amides is 2. The molecular weight excluding hydrogens is 716 g/mol. The van der Waals surface area contributed by atoms with Gasteiger partial charge >= 0.3 is 6.03 Å². The molecule has 52 heavy (non-hydrogen) atoms. The van der Waals surface area contributed by atoms with Crippen molar-refractivity contribution in [2.45, 2.75) is 92.5 Å². The van der Waals surface area contributed by atoms with Crippen molar-refractivity contribution >= 4 is 27.7 Å². The first-order valence-corrected chi connectivity index (χ1v) is 19.3. The Bertz CT molecular complexity index is 1760. The Morgan fingerprint density at radius 1 is 0.962 bits per heavy atom. The number of hydrogen-bond acceptors (Lipinski definition) is 11. The fourth-order valence-electron chi connectivity index (χ4n) is 5.75. The van der Waals surface area contributed by atoms with E-state index < -0.39 is 59.2 Å². The smallest absolute Gasteiger partial charge is 0.315 e. The van der Waals surface area contributed by atoms with Crippen molar-refractivity contribution in [2.24, 2.45) is 0 Å². The van der Waals surface area contributed by atoms with Crippen molar-refractivity contribution in [1.82, 2.24) is 20.3 Å². The van der Waals surface area contributed by atoms with Crippen LogP contribution in [-0.2, 0) is 27.0 Å². The Morgan fingerprint density at radius 3 is 2.42 bits per heavy atom. The van der Waals surface area contributed by atoms with Crippen LogP contribution in [-0.4, -0.2) is 102 Å². The van der Waals surface area contributed by atoms with Gasteiger partial charge in [-0.1, -0.05) is 36.2 Å². The summed E-state index contributed by atoms with van der Waals surface area (Å²) < 4.78 is 41.6. The van der Waals surface area contributed by atoms with Crippen molar-refractivity contribution in [3.8, 4) is 16.9 Å². The topological polar surface area (TPSA) is 220 Å². The van der Waals surface area contributed by atoms with E-state index in [0.717, 1.165) is 48.1 Å². The molecule has 2 fully saturated rings. The molecule has 1 aromatic heterocycles. The summed E-state index contributed by atoms with van der Waals surface area (Å²) >= 11 is 6.51. The average molecular weight is 763 g/mol. The van der Waals surface area contributed by atoms with Gasteiger partial charge in [0.1, 0.15) is 24.1 Å². The summed E-state index contributed by atoms with van der Waals surface area (Å²) in [4.78, 5) is 16.6. The lowest BCUT2D eigenvalue weighted by Crippen LogP contribution is -2.56. The largest absolute Gasteiger partial charge is 0.490 e. The van der Waals surface area contributed by atoms with Gasteiger partial charge in [-0.15, -0.1) is 0 Å². The van der Waals surface area contributed by atoms with E-state index in [2.05, 4.69) is 20.3 Å². The number of urea groups is 1. The van der Waals surface area contributed by atoms with Crippen LogP contribution in [0.25, 0.3) is 11.1 Å². The van der Waals surface area contributed by atoms with E-state index in [-0.39, 0.29) is 30.7 Å². The highest BCUT2D eigenvalue weighted by atomic mass is 35.5. The minimum atomic E-state index is -3.86. The number of carbonyl (C=O) groups is 1. The number of aliphatic hydroxyl groups is 5. The van der Waals surface area contributed by atoms with Crippen molar-refractivity contribution in [1.29, 1.82) is 0 Å². The molecule has 2 saturated carbocycles. The van der Waals surface area contributed by atoms with Crippen LogP contribution in [0.2, 0.25) is 5.02 Å². The van der Waals surface area contributed by atoms with E-state index in [4.69, 9.17) is 26.2 Å². The Kier molecular flexibility index (Phi) is 13.9. The first-order chi connectivity index (χ1) is 25.0. The molecule has 2 amide bonds. The van der Waals surface area contributed by atoms with Crippen molar-refractivity contribution in [3.63, 3.8) is 0 Å². The van der Waals surface area contributed by atoms with E-state index in [1.54, 1.807) is 12.3 Å². The second-order valence-corrected chi connectivity index (χ2v) is 15.3. The summed E-state index contributed by atoms with van der Waals surface area (Å²) in [6.07, 6.45) is 3.91. The minimum absolute atomic E-state index is 0.0594. The first kappa shape index (κ1) is 39.8. The van der Waals surface area contributed by atoms with Crippen LogP contribution in [0.3, 0.4) is 0 Å². The van der Waals surface area contributed by atoms with Crippen LogP contribution in [0.1, 0.15) is 56.1 Å². The summed E-state index contributed by atoms with van der Waals surface area (Å²) in [5, 5.41) is 52.9. The van der Waals surface area contributed by atoms with E-state index in [1.165, 1.54) is 12.1 Å². The maximum Gasteiger partial charge on any atom is 0.315 e. The van der Waals surface area contributed by atoms with Crippen LogP contribution >= 0.6 is 11.6 Å². The molecule has 2 aliphatic rings. The lowest BCUT2D eigenvalue weighted by molar-refractivity contribution is -0.0902. The number of aliphatic hydroxyl groups excluding tert-OH is 5. The average Bonchev–Trinajstić information content (AvgIpc) is 4.10. The second kappa shape index (κ2) is 18.1. The first-order valence-electron chi connectivity index (χ1n) is 17.4. The summed E-state index contributed by atoms with van der Waals surface area (Å²) in [6, 6.07) is 12.4. The lowest BCUT2D eigenvalue weighted by atomic mass is 9.96. The van der Waals surface area contributed by atoms with Gasteiger partial charge < -0.3 is 45.6 Å². The number of para-hydroxylation sites is 1. The number of unbranched alkanes of at least 4 members (excludes halogenated alkanes) is 2. The summed E-state index contributed by atoms with van der Waals surface area (Å²) in [7, 11) is -3.86. The molecule has 0 saturated heterocycles. The highest BCUT2D eigenvalue weighted by Crippen LogP contribution is 2.53. The third-order valence-electron chi connectivity index (χ3n) is 9.13. The van der Waals surface area contributed by atoms with Gasteiger partial charge in [-0.05, 0) is 80.0 Å². The monoisotopic (exact) mass is 762 g/mol. The van der Waals surface area contributed by atoms with E-state index in [9.17, 15) is 33.6 Å². The zero-order valence-electron chi connectivity index (χ0n) is 28.7. The molecule has 2 aromatic carbocycles. The van der Waals surface area contributed by atoms with E-state index in [1.807, 2.05) is 36.5 Å². The standard InChI is InChI=1S/C36H47ClN4O10S/c37-29-11-10-25(52(48,49)40-16-5-1-4-15-39-35(47)41-30(20-42)33(45)34(46)31(44)21-43)18-23(29)22-50-36(13-14-36)28-19-38-17-12-26(28)27-6-2-3-7-32(27)51-24-8-9-24/h2-3,6-7,10-12,17-19,24,30-31,33-34,40,42-46H,1,4-5,8-9,13-16,20-22H2,(H2,39,41,47)/t30-,31+,33+,34+/m1/s1. The summed E-state index contributed by atoms with van der Waals surface area (Å²) in [5.74, 6) is 0.825. The maximum atomic E-state index is 13.1. The SMILES string of the molecule is O=C(NCCCCCNS(=O)(=O)c1ccc(Cl)c(COC2(c3cnccc3-c3ccccc3OC3CC3)CC2)c1)N[C@H](CO)[C@H](O)[C@@H](O)[C@@H](O)CO. The Labute approximate surface area is 308 Å². The van der Waals surface area contributed by atoms with Gasteiger partial charge in [0, 0.05) is 41.6 Å². The molecular formula is C36H47ClN4O10S. The number of pyridine rings is 1. The second-order valence-electron chi connectivity index (χ2n) is 13.1. The molecule has 0 unspecified atom stereocenters. The Morgan fingerprint density at radius 2 is 1.71 bits per heavy atom. The molecule has 16 heteroatoms. The molecule has 8 N–H and O–H groups in total. The molecule has 1 heterocycles. The third kappa shape index (κ3) is 10.4. The Balaban J connectivity index is 1.09. The number of nitrogens with zero attached hydrogens (tertiary/aromatic N) is 1. The van der Waals surface area contributed by atoms with Crippen LogP contribution in [0, 0.1) is 0 Å². The van der Waals surface area contributed by atoms with Crippen LogP contribution < -0.4 is 20.1 Å². The summed E-state index contributed by atoms with van der Waals surface area (Å²) in [5.41, 5.74) is 2.86. The van der Waals surface area contributed by atoms with Crippen molar-refractivity contribution in [2.75, 3.05) is 26.3 Å². The number of hydrogen-bond donors (Lipinski definition) is 8. The highest BCUT2D eigenvalue weighted by molar-refractivity contribution is 7.89. The molecule has 0 radical (unpaired) electrons. The zero-order valence-corrected chi connectivity index (χ0v) is 30.2. The third-order valence-corrected chi connectivity index (χ3v) is 11.0. The predicted octanol–water partition coefficient (Wildman–Crippen LogP) is 2.33. The molecule has 4 atom stereocenters. The molecule has 14 nitrogen and oxygen atoms in total. The number of sulfonamides is 1. The predicted molar refractivity (Wildman–Crippen MR) is 192 cm³/mol. The van der Waals surface area contributed by atoms with Gasteiger partial charge in [-0.25, -0.2) is 17.9 Å². The molecule has 5 rings (SSSR count). The molecule has 284 valence electrons. The highest BCUT2D eigenvalue weighted by Gasteiger charge is 2.48. The van der Waals surface area contributed by atoms with Gasteiger partial charge in [-0.3, -0.25) is 4.98 Å². The van der Waals surface area contributed by atoms with Gasteiger partial charge in [0.05, 0.1) is 42.5 Å². The fraction of sp³-hybridized carbons (Fsp3) is 0.500. The Hall–Kier alpha value is -3.38. The quantitative estimate of drug-likeness (QED) is 0.0737. The number of halogens is 1. The van der Waals surface area contributed by atoms with Crippen LogP contribution in [0.15, 0.2) is 65.8 Å². The normalized spacial score (nSPS) is 17.5. The lowest BCUT2D eigenvalue weighted by Gasteiger charge is -2.28. The molecule has 0 spiro atoms. The minimum Gasteiger partial charge on any atom is -0.490 e. The number of aromatic nitrogens is 1. The fourth-order valence-corrected chi connectivity index (χ4v) is 7.05. The zero-order chi connectivity index (χ0) is 37.3. The van der Waals surface area contributed by atoms with E-state index in [0.29, 0.717) is 29.8 Å². The van der Waals surface area contributed by atoms with Gasteiger partial charge in [-0.2, -0.15) is 0 Å². The molecule has 0 bridgehead atoms. The molecule has 0 aliphatic heterocycles. The number of ether oxygens (including phenoxy) is 2. The number of rotatable bonds is 21. The van der Waals surface area contributed by atoms with Crippen molar-refractivity contribution in [3.05, 3.63) is 77.1 Å². The molecule has 2 aliphatic carbocycles. The number of carbonyl (C=O) groups excluding carboxylic acids is 1. The summed E-state index contributed by atoms with van der Waals surface area (Å²) in [6.45, 7) is -1.05. The van der Waals surface area contributed by atoms with Crippen LogP contribution in [0.5, 0.6) is 5.75 Å². The van der Waals surface area contributed by atoms with Crippen molar-refractivity contribution < 1.29 is 48.2 Å². The maximum absolute atomic E-state index is 13.1. The molecule has 3 aromatic rings. The van der Waals surface area contributed by atoms with Gasteiger partial charge in [0.2, 0.25) is 10.0 Å².